The standard InChI is InChI=1S/C19H23ClO4S/c1-3-13-11-25(22,23)18-10-24-17(19(13)18)7-4-12(2)8-14-5-6-15(21)9-16(14)20/h5-6,8-9,17-18,21H,3-4,7,10-11H2,1-2H3/b12-8+/t17-,18+/m1/s1. The molecule has 0 radical (unpaired) electrons. The van der Waals surface area contributed by atoms with Crippen molar-refractivity contribution in [2.24, 2.45) is 0 Å². The highest BCUT2D eigenvalue weighted by Gasteiger charge is 2.46. The van der Waals surface area contributed by atoms with Crippen LogP contribution in [0.3, 0.4) is 0 Å². The Morgan fingerprint density at radius 2 is 2.20 bits per heavy atom. The third-order valence-corrected chi connectivity index (χ3v) is 7.31. The molecule has 4 nitrogen and oxygen atoms in total. The molecule has 0 aromatic heterocycles. The molecule has 2 aliphatic rings. The molecule has 6 heteroatoms. The Bertz CT molecular complexity index is 839. The monoisotopic (exact) mass is 382 g/mol. The number of phenolic OH excluding ortho intramolecular Hbond substituents is 1. The van der Waals surface area contributed by atoms with Gasteiger partial charge in [-0.1, -0.05) is 35.7 Å². The SMILES string of the molecule is CCC1=C2[C@@H](CC/C(C)=C/c3ccc(O)cc3Cl)OC[C@@H]2S(=O)(=O)C1. The van der Waals surface area contributed by atoms with Gasteiger partial charge in [-0.25, -0.2) is 8.42 Å². The fourth-order valence-corrected chi connectivity index (χ4v) is 5.92. The van der Waals surface area contributed by atoms with E-state index in [-0.39, 0.29) is 17.6 Å². The predicted molar refractivity (Wildman–Crippen MR) is 101 cm³/mol. The lowest BCUT2D eigenvalue weighted by Crippen LogP contribution is -2.19. The Hall–Kier alpha value is -1.30. The molecule has 25 heavy (non-hydrogen) atoms. The second-order valence-electron chi connectivity index (χ2n) is 6.77. The minimum absolute atomic E-state index is 0.101. The quantitative estimate of drug-likeness (QED) is 0.777. The van der Waals surface area contributed by atoms with Crippen LogP contribution in [0.5, 0.6) is 5.75 Å². The molecular formula is C19H23ClO4S. The van der Waals surface area contributed by atoms with E-state index in [0.717, 1.165) is 41.5 Å². The first kappa shape index (κ1) is 18.5. The van der Waals surface area contributed by atoms with Gasteiger partial charge in [0.2, 0.25) is 0 Å². The van der Waals surface area contributed by atoms with E-state index in [1.54, 1.807) is 12.1 Å². The van der Waals surface area contributed by atoms with Crippen molar-refractivity contribution in [1.29, 1.82) is 0 Å². The van der Waals surface area contributed by atoms with Crippen molar-refractivity contribution >= 4 is 27.5 Å². The van der Waals surface area contributed by atoms with Crippen LogP contribution in [0.4, 0.5) is 0 Å². The lowest BCUT2D eigenvalue weighted by atomic mass is 9.96. The Labute approximate surface area is 154 Å². The third-order valence-electron chi connectivity index (χ3n) is 4.97. The number of hydrogen-bond donors (Lipinski definition) is 1. The van der Waals surface area contributed by atoms with Crippen molar-refractivity contribution in [3.8, 4) is 5.75 Å². The number of phenols is 1. The Balaban J connectivity index is 1.70. The zero-order chi connectivity index (χ0) is 18.2. The van der Waals surface area contributed by atoms with Gasteiger partial charge in [-0.15, -0.1) is 0 Å². The first-order chi connectivity index (χ1) is 11.8. The van der Waals surface area contributed by atoms with E-state index in [2.05, 4.69) is 0 Å². The van der Waals surface area contributed by atoms with Gasteiger partial charge in [-0.3, -0.25) is 0 Å². The number of benzene rings is 1. The maximum absolute atomic E-state index is 12.2. The van der Waals surface area contributed by atoms with Crippen molar-refractivity contribution in [1.82, 2.24) is 0 Å². The van der Waals surface area contributed by atoms with Crippen LogP contribution in [0.2, 0.25) is 5.02 Å². The summed E-state index contributed by atoms with van der Waals surface area (Å²) in [5, 5.41) is 9.50. The second-order valence-corrected chi connectivity index (χ2v) is 9.36. The summed E-state index contributed by atoms with van der Waals surface area (Å²) >= 11 is 6.14. The van der Waals surface area contributed by atoms with Crippen LogP contribution in [-0.4, -0.2) is 37.2 Å². The van der Waals surface area contributed by atoms with Crippen LogP contribution < -0.4 is 0 Å². The highest BCUT2D eigenvalue weighted by atomic mass is 35.5. The molecule has 136 valence electrons. The largest absolute Gasteiger partial charge is 0.508 e. The fourth-order valence-electron chi connectivity index (χ4n) is 3.64. The molecule has 0 amide bonds. The molecule has 0 unspecified atom stereocenters. The van der Waals surface area contributed by atoms with Gasteiger partial charge in [0, 0.05) is 0 Å². The van der Waals surface area contributed by atoms with Crippen LogP contribution in [-0.2, 0) is 14.6 Å². The summed E-state index contributed by atoms with van der Waals surface area (Å²) in [7, 11) is -3.07. The van der Waals surface area contributed by atoms with E-state index < -0.39 is 15.1 Å². The zero-order valence-electron chi connectivity index (χ0n) is 14.5. The van der Waals surface area contributed by atoms with Crippen molar-refractivity contribution in [2.75, 3.05) is 12.4 Å². The first-order valence-corrected chi connectivity index (χ1v) is 10.6. The van der Waals surface area contributed by atoms with E-state index >= 15 is 0 Å². The highest BCUT2D eigenvalue weighted by molar-refractivity contribution is 7.92. The molecule has 2 aliphatic heterocycles. The second kappa shape index (κ2) is 7.14. The smallest absolute Gasteiger partial charge is 0.163 e. The van der Waals surface area contributed by atoms with Crippen LogP contribution in [0.25, 0.3) is 6.08 Å². The number of aromatic hydroxyl groups is 1. The number of fused-ring (bicyclic) bond motifs is 1. The Morgan fingerprint density at radius 3 is 2.88 bits per heavy atom. The van der Waals surface area contributed by atoms with E-state index in [9.17, 15) is 13.5 Å². The molecule has 1 N–H and O–H groups in total. The number of allylic oxidation sites excluding steroid dienone is 1. The Morgan fingerprint density at radius 1 is 1.44 bits per heavy atom. The highest BCUT2D eigenvalue weighted by Crippen LogP contribution is 2.39. The van der Waals surface area contributed by atoms with Crippen LogP contribution >= 0.6 is 11.6 Å². The molecule has 0 bridgehead atoms. The maximum Gasteiger partial charge on any atom is 0.163 e. The van der Waals surface area contributed by atoms with Gasteiger partial charge in [0.15, 0.2) is 9.84 Å². The van der Waals surface area contributed by atoms with Crippen LogP contribution in [0.1, 0.15) is 38.7 Å². The summed E-state index contributed by atoms with van der Waals surface area (Å²) < 4.78 is 30.3. The summed E-state index contributed by atoms with van der Waals surface area (Å²) in [5.74, 6) is 0.341. The van der Waals surface area contributed by atoms with Gasteiger partial charge in [-0.2, -0.15) is 0 Å². The predicted octanol–water partition coefficient (Wildman–Crippen LogP) is 4.13. The van der Waals surface area contributed by atoms with Gasteiger partial charge in [0.05, 0.1) is 23.5 Å². The van der Waals surface area contributed by atoms with Crippen molar-refractivity contribution < 1.29 is 18.3 Å². The normalized spacial score (nSPS) is 25.5. The average molecular weight is 383 g/mol. The molecule has 1 fully saturated rings. The molecule has 0 spiro atoms. The molecular weight excluding hydrogens is 360 g/mol. The van der Waals surface area contributed by atoms with E-state index in [0.29, 0.717) is 11.6 Å². The maximum atomic E-state index is 12.2. The van der Waals surface area contributed by atoms with E-state index in [1.807, 2.05) is 19.9 Å². The fraction of sp³-hybridized carbons (Fsp3) is 0.474. The number of halogens is 1. The van der Waals surface area contributed by atoms with Crippen molar-refractivity contribution in [2.45, 2.75) is 44.5 Å². The lowest BCUT2D eigenvalue weighted by molar-refractivity contribution is 0.117. The van der Waals surface area contributed by atoms with Gasteiger partial charge in [-0.05, 0) is 55.5 Å². The minimum Gasteiger partial charge on any atom is -0.508 e. The van der Waals surface area contributed by atoms with E-state index in [4.69, 9.17) is 16.3 Å². The summed E-state index contributed by atoms with van der Waals surface area (Å²) in [4.78, 5) is 0. The Kier molecular flexibility index (Phi) is 5.28. The average Bonchev–Trinajstić information content (AvgIpc) is 3.08. The van der Waals surface area contributed by atoms with Gasteiger partial charge < -0.3 is 9.84 Å². The van der Waals surface area contributed by atoms with Gasteiger partial charge in [0.1, 0.15) is 11.0 Å². The first-order valence-electron chi connectivity index (χ1n) is 8.52. The van der Waals surface area contributed by atoms with Crippen molar-refractivity contribution in [3.05, 3.63) is 45.5 Å². The molecule has 1 aromatic carbocycles. The van der Waals surface area contributed by atoms with Gasteiger partial charge >= 0.3 is 0 Å². The summed E-state index contributed by atoms with van der Waals surface area (Å²) in [6, 6.07) is 4.91. The third kappa shape index (κ3) is 3.78. The van der Waals surface area contributed by atoms with Crippen molar-refractivity contribution in [3.63, 3.8) is 0 Å². The van der Waals surface area contributed by atoms with Gasteiger partial charge in [0.25, 0.3) is 0 Å². The molecule has 3 rings (SSSR count). The molecule has 2 heterocycles. The number of ether oxygens (including phenoxy) is 1. The number of hydrogen-bond acceptors (Lipinski definition) is 4. The number of sulfone groups is 1. The molecule has 1 aromatic rings. The summed E-state index contributed by atoms with van der Waals surface area (Å²) in [6.45, 7) is 4.32. The zero-order valence-corrected chi connectivity index (χ0v) is 16.0. The molecule has 2 atom stereocenters. The van der Waals surface area contributed by atoms with Crippen LogP contribution in [0, 0.1) is 0 Å². The lowest BCUT2D eigenvalue weighted by Gasteiger charge is -2.13. The topological polar surface area (TPSA) is 63.6 Å². The molecule has 1 saturated heterocycles. The number of rotatable bonds is 5. The van der Waals surface area contributed by atoms with Crippen LogP contribution in [0.15, 0.2) is 34.9 Å². The molecule has 0 aliphatic carbocycles. The summed E-state index contributed by atoms with van der Waals surface area (Å²) in [5.41, 5.74) is 4.05. The molecule has 0 saturated carbocycles. The minimum atomic E-state index is -3.07. The summed E-state index contributed by atoms with van der Waals surface area (Å²) in [6.07, 6.45) is 4.23. The van der Waals surface area contributed by atoms with E-state index in [1.165, 1.54) is 6.07 Å².